The molecule has 1 aliphatic rings. The maximum atomic E-state index is 12.9. The van der Waals surface area contributed by atoms with Gasteiger partial charge < -0.3 is 20.5 Å². The summed E-state index contributed by atoms with van der Waals surface area (Å²) in [5.74, 6) is -1.86. The van der Waals surface area contributed by atoms with Crippen molar-refractivity contribution in [1.82, 2.24) is 10.6 Å². The van der Waals surface area contributed by atoms with Crippen LogP contribution in [0.1, 0.15) is 63.5 Å². The molecule has 182 valence electrons. The summed E-state index contributed by atoms with van der Waals surface area (Å²) in [6.07, 6.45) is 1.80. The lowest BCUT2D eigenvalue weighted by Gasteiger charge is -2.25. The lowest BCUT2D eigenvalue weighted by Crippen LogP contribution is -2.54. The fourth-order valence-electron chi connectivity index (χ4n) is 4.40. The van der Waals surface area contributed by atoms with Gasteiger partial charge in [0, 0.05) is 5.92 Å². The molecule has 3 N–H and O–H groups in total. The summed E-state index contributed by atoms with van der Waals surface area (Å²) in [6.45, 7) is 5.86. The normalized spacial score (nSPS) is 14.9. The molecule has 0 saturated heterocycles. The molecule has 2 aromatic rings. The quantitative estimate of drug-likeness (QED) is 0.445. The Bertz CT molecular complexity index is 976. The van der Waals surface area contributed by atoms with Gasteiger partial charge in [-0.25, -0.2) is 9.59 Å². The van der Waals surface area contributed by atoms with Crippen molar-refractivity contribution in [2.75, 3.05) is 6.61 Å². The number of carboxylic acid groups (broad SMARTS) is 1. The largest absolute Gasteiger partial charge is 0.480 e. The molecule has 34 heavy (non-hydrogen) atoms. The van der Waals surface area contributed by atoms with Crippen molar-refractivity contribution < 1.29 is 24.2 Å². The number of amides is 2. The Balaban J connectivity index is 1.66. The van der Waals surface area contributed by atoms with Crippen molar-refractivity contribution >= 4 is 18.0 Å². The van der Waals surface area contributed by atoms with Crippen LogP contribution in [0.5, 0.6) is 0 Å². The summed E-state index contributed by atoms with van der Waals surface area (Å²) in [7, 11) is 0. The van der Waals surface area contributed by atoms with Crippen molar-refractivity contribution in [2.45, 2.75) is 64.5 Å². The molecule has 1 aliphatic carbocycles. The molecule has 0 heterocycles. The van der Waals surface area contributed by atoms with E-state index in [4.69, 9.17) is 4.74 Å². The van der Waals surface area contributed by atoms with Crippen LogP contribution in [0.25, 0.3) is 11.1 Å². The maximum Gasteiger partial charge on any atom is 0.407 e. The molecule has 0 saturated carbocycles. The molecule has 0 bridgehead atoms. The Morgan fingerprint density at radius 3 is 2.09 bits per heavy atom. The van der Waals surface area contributed by atoms with Crippen LogP contribution in [0.4, 0.5) is 4.79 Å². The average molecular weight is 467 g/mol. The van der Waals surface area contributed by atoms with Gasteiger partial charge in [-0.3, -0.25) is 4.79 Å². The third-order valence-electron chi connectivity index (χ3n) is 6.57. The number of carbonyl (C=O) groups excluding carboxylic acids is 2. The number of benzene rings is 2. The molecular weight excluding hydrogens is 432 g/mol. The SMILES string of the molecule is CCCC[C@H](NC(=O)C(NC(=O)OCC1c2ccccc2-c2ccccc21)C(C)CC)C(=O)O. The smallest absolute Gasteiger partial charge is 0.407 e. The van der Waals surface area contributed by atoms with Crippen LogP contribution >= 0.6 is 0 Å². The second-order valence-corrected chi connectivity index (χ2v) is 8.87. The molecule has 7 heteroatoms. The first-order valence-electron chi connectivity index (χ1n) is 12.0. The Morgan fingerprint density at radius 1 is 0.971 bits per heavy atom. The number of hydrogen-bond acceptors (Lipinski definition) is 4. The Kier molecular flexibility index (Phi) is 8.68. The second-order valence-electron chi connectivity index (χ2n) is 8.87. The molecule has 3 rings (SSSR count). The van der Waals surface area contributed by atoms with Gasteiger partial charge in [-0.05, 0) is 34.6 Å². The van der Waals surface area contributed by atoms with E-state index in [1.807, 2.05) is 57.2 Å². The van der Waals surface area contributed by atoms with Crippen molar-refractivity contribution in [3.05, 3.63) is 59.7 Å². The molecule has 2 unspecified atom stereocenters. The summed E-state index contributed by atoms with van der Waals surface area (Å²) in [6, 6.07) is 14.3. The zero-order chi connectivity index (χ0) is 24.7. The van der Waals surface area contributed by atoms with E-state index in [2.05, 4.69) is 22.8 Å². The van der Waals surface area contributed by atoms with Crippen LogP contribution in [0.2, 0.25) is 0 Å². The molecule has 0 fully saturated rings. The molecular formula is C27H34N2O5. The fraction of sp³-hybridized carbons (Fsp3) is 0.444. The van der Waals surface area contributed by atoms with E-state index < -0.39 is 30.1 Å². The minimum atomic E-state index is -1.08. The number of aliphatic carboxylic acids is 1. The average Bonchev–Trinajstić information content (AvgIpc) is 3.16. The van der Waals surface area contributed by atoms with Gasteiger partial charge in [0.25, 0.3) is 0 Å². The first kappa shape index (κ1) is 25.3. The predicted octanol–water partition coefficient (Wildman–Crippen LogP) is 4.70. The summed E-state index contributed by atoms with van der Waals surface area (Å²) in [5, 5.41) is 14.7. The summed E-state index contributed by atoms with van der Waals surface area (Å²) < 4.78 is 5.59. The lowest BCUT2D eigenvalue weighted by molar-refractivity contribution is -0.142. The Morgan fingerprint density at radius 2 is 1.56 bits per heavy atom. The number of unbranched alkanes of at least 4 members (excludes halogenated alkanes) is 1. The van der Waals surface area contributed by atoms with E-state index in [0.717, 1.165) is 28.7 Å². The standard InChI is InChI=1S/C27H34N2O5/c1-4-6-15-23(26(31)32)28-25(30)24(17(3)5-2)29-27(33)34-16-22-20-13-9-7-11-18(20)19-12-8-10-14-21(19)22/h7-14,17,22-24H,4-6,15-16H2,1-3H3,(H,28,30)(H,29,33)(H,31,32)/t17?,23-,24?/m0/s1. The minimum Gasteiger partial charge on any atom is -0.480 e. The van der Waals surface area contributed by atoms with Crippen LogP contribution in [0.3, 0.4) is 0 Å². The van der Waals surface area contributed by atoms with E-state index in [0.29, 0.717) is 19.3 Å². The molecule has 2 aromatic carbocycles. The first-order valence-corrected chi connectivity index (χ1v) is 12.0. The topological polar surface area (TPSA) is 105 Å². The number of carboxylic acids is 1. The van der Waals surface area contributed by atoms with E-state index in [1.54, 1.807) is 0 Å². The van der Waals surface area contributed by atoms with Crippen LogP contribution < -0.4 is 10.6 Å². The van der Waals surface area contributed by atoms with Crippen molar-refractivity contribution in [3.63, 3.8) is 0 Å². The number of alkyl carbamates (subject to hydrolysis) is 1. The van der Waals surface area contributed by atoms with Gasteiger partial charge in [-0.2, -0.15) is 0 Å². The highest BCUT2D eigenvalue weighted by molar-refractivity contribution is 5.89. The molecule has 0 aromatic heterocycles. The number of hydrogen-bond donors (Lipinski definition) is 3. The van der Waals surface area contributed by atoms with Gasteiger partial charge in [0.15, 0.2) is 0 Å². The minimum absolute atomic E-state index is 0.0838. The Labute approximate surface area is 200 Å². The summed E-state index contributed by atoms with van der Waals surface area (Å²) >= 11 is 0. The third kappa shape index (κ3) is 5.76. The van der Waals surface area contributed by atoms with E-state index >= 15 is 0 Å². The number of nitrogens with one attached hydrogen (secondary N) is 2. The fourth-order valence-corrected chi connectivity index (χ4v) is 4.40. The second kappa shape index (κ2) is 11.7. The highest BCUT2D eigenvalue weighted by atomic mass is 16.5. The van der Waals surface area contributed by atoms with Gasteiger partial charge in [-0.15, -0.1) is 0 Å². The van der Waals surface area contributed by atoms with E-state index in [1.165, 1.54) is 0 Å². The zero-order valence-corrected chi connectivity index (χ0v) is 20.0. The van der Waals surface area contributed by atoms with Gasteiger partial charge in [0.1, 0.15) is 18.7 Å². The molecule has 0 radical (unpaired) electrons. The highest BCUT2D eigenvalue weighted by Gasteiger charge is 2.32. The molecule has 2 amide bonds. The summed E-state index contributed by atoms with van der Waals surface area (Å²) in [5.41, 5.74) is 4.48. The number of carbonyl (C=O) groups is 3. The number of rotatable bonds is 11. The molecule has 0 aliphatic heterocycles. The third-order valence-corrected chi connectivity index (χ3v) is 6.57. The van der Waals surface area contributed by atoms with Crippen LogP contribution in [0.15, 0.2) is 48.5 Å². The van der Waals surface area contributed by atoms with Crippen molar-refractivity contribution in [2.24, 2.45) is 5.92 Å². The maximum absolute atomic E-state index is 12.9. The van der Waals surface area contributed by atoms with Gasteiger partial charge >= 0.3 is 12.1 Å². The number of fused-ring (bicyclic) bond motifs is 3. The van der Waals surface area contributed by atoms with Gasteiger partial charge in [0.05, 0.1) is 0 Å². The number of ether oxygens (including phenoxy) is 1. The zero-order valence-electron chi connectivity index (χ0n) is 20.0. The highest BCUT2D eigenvalue weighted by Crippen LogP contribution is 2.44. The van der Waals surface area contributed by atoms with Crippen LogP contribution in [0, 0.1) is 5.92 Å². The summed E-state index contributed by atoms with van der Waals surface area (Å²) in [4.78, 5) is 37.2. The van der Waals surface area contributed by atoms with Crippen molar-refractivity contribution in [1.29, 1.82) is 0 Å². The van der Waals surface area contributed by atoms with Crippen LogP contribution in [-0.2, 0) is 14.3 Å². The first-order chi connectivity index (χ1) is 16.4. The monoisotopic (exact) mass is 466 g/mol. The molecule has 0 spiro atoms. The van der Waals surface area contributed by atoms with Gasteiger partial charge in [0.2, 0.25) is 5.91 Å². The predicted molar refractivity (Wildman–Crippen MR) is 131 cm³/mol. The molecule has 7 nitrogen and oxygen atoms in total. The Hall–Kier alpha value is -3.35. The lowest BCUT2D eigenvalue weighted by atomic mass is 9.97. The van der Waals surface area contributed by atoms with Gasteiger partial charge in [-0.1, -0.05) is 88.6 Å². The van der Waals surface area contributed by atoms with Crippen LogP contribution in [-0.4, -0.2) is 41.8 Å². The van der Waals surface area contributed by atoms with Crippen molar-refractivity contribution in [3.8, 4) is 11.1 Å². The van der Waals surface area contributed by atoms with E-state index in [-0.39, 0.29) is 18.4 Å². The van der Waals surface area contributed by atoms with E-state index in [9.17, 15) is 19.5 Å². The molecule has 3 atom stereocenters.